The van der Waals surface area contributed by atoms with E-state index >= 15 is 0 Å². The third kappa shape index (κ3) is 4.87. The number of morpholine rings is 1. The van der Waals surface area contributed by atoms with Crippen LogP contribution in [-0.4, -0.2) is 55.2 Å². The Labute approximate surface area is 215 Å². The van der Waals surface area contributed by atoms with E-state index in [1.165, 1.54) is 23.3 Å². The van der Waals surface area contributed by atoms with E-state index in [0.717, 1.165) is 56.9 Å². The Kier molecular flexibility index (Phi) is 6.70. The molecule has 2 aromatic carbocycles. The average Bonchev–Trinajstić information content (AvgIpc) is 3.48. The summed E-state index contributed by atoms with van der Waals surface area (Å²) in [6, 6.07) is 14.9. The molecule has 4 heterocycles. The second kappa shape index (κ2) is 10.4. The van der Waals surface area contributed by atoms with Crippen molar-refractivity contribution >= 4 is 22.9 Å². The Morgan fingerprint density at radius 1 is 1.11 bits per heavy atom. The molecule has 1 amide bonds. The number of nitrogens with zero attached hydrogens (tertiary/aromatic N) is 2. The van der Waals surface area contributed by atoms with Crippen LogP contribution in [0, 0.1) is 5.82 Å². The zero-order valence-electron chi connectivity index (χ0n) is 20.5. The molecular weight excluding hydrogens is 471 g/mol. The highest BCUT2D eigenvalue weighted by Crippen LogP contribution is 2.42. The highest BCUT2D eigenvalue weighted by Gasteiger charge is 2.33. The van der Waals surface area contributed by atoms with Crippen LogP contribution in [0.2, 0.25) is 0 Å². The maximum Gasteiger partial charge on any atom is 0.260 e. The summed E-state index contributed by atoms with van der Waals surface area (Å²) in [6.45, 7) is 5.42. The van der Waals surface area contributed by atoms with Gasteiger partial charge < -0.3 is 20.1 Å². The molecule has 0 bridgehead atoms. The number of benzene rings is 2. The largest absolute Gasteiger partial charge is 0.487 e. The number of carbonyl (C=O) groups is 1. The van der Waals surface area contributed by atoms with Gasteiger partial charge in [0.15, 0.2) is 0 Å². The number of ether oxygens (including phenoxy) is 2. The summed E-state index contributed by atoms with van der Waals surface area (Å²) in [7, 11) is 0. The third-order valence-corrected chi connectivity index (χ3v) is 7.22. The van der Waals surface area contributed by atoms with E-state index in [1.54, 1.807) is 6.07 Å². The Hall–Kier alpha value is -3.59. The van der Waals surface area contributed by atoms with Gasteiger partial charge in [0.2, 0.25) is 0 Å². The molecule has 0 saturated carbocycles. The molecule has 3 aromatic rings. The van der Waals surface area contributed by atoms with Crippen LogP contribution in [0.25, 0.3) is 11.3 Å². The molecule has 7 nitrogen and oxygen atoms in total. The SMILES string of the molecule is O=C1Nc2ccc(F)cc2/C1=C1\OCc2cc(CCNCC(c3cccnc3)N3CCOCC3)ccc21. The van der Waals surface area contributed by atoms with Crippen molar-refractivity contribution in [2.45, 2.75) is 19.1 Å². The molecule has 2 N–H and O–H groups in total. The minimum absolute atomic E-state index is 0.255. The molecule has 8 heteroatoms. The monoisotopic (exact) mass is 500 g/mol. The number of carbonyl (C=O) groups excluding carboxylic acids is 1. The minimum Gasteiger partial charge on any atom is -0.487 e. The van der Waals surface area contributed by atoms with Gasteiger partial charge in [0, 0.05) is 60.4 Å². The fourth-order valence-corrected chi connectivity index (χ4v) is 5.33. The first-order chi connectivity index (χ1) is 18.2. The summed E-state index contributed by atoms with van der Waals surface area (Å²) >= 11 is 0. The van der Waals surface area contributed by atoms with Gasteiger partial charge in [0.1, 0.15) is 18.2 Å². The summed E-state index contributed by atoms with van der Waals surface area (Å²) in [4.78, 5) is 19.4. The lowest BCUT2D eigenvalue weighted by Crippen LogP contribution is -2.43. The van der Waals surface area contributed by atoms with E-state index in [1.807, 2.05) is 24.5 Å². The van der Waals surface area contributed by atoms with Crippen LogP contribution < -0.4 is 10.6 Å². The standard InChI is InChI=1S/C29H29FN4O3/c30-22-4-6-25-24(15-22)27(29(35)33-25)28-23-5-3-19(14-21(23)18-37-28)7-9-32-17-26(20-2-1-8-31-16-20)34-10-12-36-13-11-34/h1-6,8,14-16,26,32H,7,9-13,17-18H2,(H,33,35)/b28-27+. The molecule has 0 radical (unpaired) electrons. The molecule has 3 aliphatic heterocycles. The van der Waals surface area contributed by atoms with Crippen LogP contribution >= 0.6 is 0 Å². The molecular formula is C29H29FN4O3. The van der Waals surface area contributed by atoms with Gasteiger partial charge in [0.05, 0.1) is 18.8 Å². The van der Waals surface area contributed by atoms with Gasteiger partial charge in [-0.15, -0.1) is 0 Å². The zero-order chi connectivity index (χ0) is 25.2. The predicted octanol–water partition coefficient (Wildman–Crippen LogP) is 3.78. The molecule has 1 fully saturated rings. The predicted molar refractivity (Wildman–Crippen MR) is 139 cm³/mol. The summed E-state index contributed by atoms with van der Waals surface area (Å²) in [5.74, 6) is -0.125. The van der Waals surface area contributed by atoms with Crippen LogP contribution in [-0.2, 0) is 27.3 Å². The van der Waals surface area contributed by atoms with Crippen LogP contribution in [0.3, 0.4) is 0 Å². The van der Waals surface area contributed by atoms with Crippen molar-refractivity contribution in [3.05, 3.63) is 94.6 Å². The summed E-state index contributed by atoms with van der Waals surface area (Å²) in [5, 5.41) is 6.44. The van der Waals surface area contributed by atoms with Crippen LogP contribution in [0.15, 0.2) is 60.9 Å². The Balaban J connectivity index is 1.13. The van der Waals surface area contributed by atoms with Crippen molar-refractivity contribution in [3.8, 4) is 0 Å². The van der Waals surface area contributed by atoms with E-state index in [4.69, 9.17) is 9.47 Å². The summed E-state index contributed by atoms with van der Waals surface area (Å²) in [5.41, 5.74) is 5.89. The average molecular weight is 501 g/mol. The number of hydrogen-bond acceptors (Lipinski definition) is 6. The van der Waals surface area contributed by atoms with Gasteiger partial charge in [0.25, 0.3) is 5.91 Å². The first kappa shape index (κ1) is 23.8. The molecule has 1 unspecified atom stereocenters. The Morgan fingerprint density at radius 3 is 2.84 bits per heavy atom. The molecule has 0 aliphatic carbocycles. The first-order valence-electron chi connectivity index (χ1n) is 12.7. The first-order valence-corrected chi connectivity index (χ1v) is 12.7. The van der Waals surface area contributed by atoms with Crippen molar-refractivity contribution in [1.29, 1.82) is 0 Å². The van der Waals surface area contributed by atoms with E-state index in [9.17, 15) is 9.18 Å². The highest BCUT2D eigenvalue weighted by molar-refractivity contribution is 6.36. The van der Waals surface area contributed by atoms with Crippen LogP contribution in [0.5, 0.6) is 0 Å². The third-order valence-electron chi connectivity index (χ3n) is 7.22. The van der Waals surface area contributed by atoms with Crippen molar-refractivity contribution in [2.75, 3.05) is 44.7 Å². The number of anilines is 1. The molecule has 1 saturated heterocycles. The number of rotatable bonds is 7. The number of nitrogens with one attached hydrogen (secondary N) is 2. The molecule has 0 spiro atoms. The van der Waals surface area contributed by atoms with Crippen molar-refractivity contribution in [1.82, 2.24) is 15.2 Å². The van der Waals surface area contributed by atoms with Gasteiger partial charge in [-0.25, -0.2) is 4.39 Å². The normalized spacial score (nSPS) is 19.8. The van der Waals surface area contributed by atoms with Gasteiger partial charge in [-0.05, 0) is 48.4 Å². The van der Waals surface area contributed by atoms with Crippen LogP contribution in [0.4, 0.5) is 10.1 Å². The lowest BCUT2D eigenvalue weighted by molar-refractivity contribution is -0.110. The van der Waals surface area contributed by atoms with E-state index in [2.05, 4.69) is 38.7 Å². The molecule has 37 heavy (non-hydrogen) atoms. The molecule has 3 aliphatic rings. The van der Waals surface area contributed by atoms with Crippen molar-refractivity contribution in [2.24, 2.45) is 0 Å². The smallest absolute Gasteiger partial charge is 0.260 e. The summed E-state index contributed by atoms with van der Waals surface area (Å²) in [6.07, 6.45) is 4.63. The fraction of sp³-hybridized carbons (Fsp3) is 0.310. The number of halogens is 1. The van der Waals surface area contributed by atoms with Gasteiger partial charge in [-0.2, -0.15) is 0 Å². The lowest BCUT2D eigenvalue weighted by Gasteiger charge is -2.34. The maximum atomic E-state index is 13.9. The molecule has 1 aromatic heterocycles. The van der Waals surface area contributed by atoms with Gasteiger partial charge in [-0.1, -0.05) is 24.3 Å². The number of fused-ring (bicyclic) bond motifs is 2. The van der Waals surface area contributed by atoms with Crippen molar-refractivity contribution < 1.29 is 18.7 Å². The van der Waals surface area contributed by atoms with Gasteiger partial charge in [-0.3, -0.25) is 14.7 Å². The van der Waals surface area contributed by atoms with E-state index < -0.39 is 0 Å². The number of hydrogen-bond donors (Lipinski definition) is 2. The lowest BCUT2D eigenvalue weighted by atomic mass is 9.98. The van der Waals surface area contributed by atoms with E-state index in [-0.39, 0.29) is 17.8 Å². The van der Waals surface area contributed by atoms with Crippen LogP contribution in [0.1, 0.15) is 33.9 Å². The highest BCUT2D eigenvalue weighted by atomic mass is 19.1. The fourth-order valence-electron chi connectivity index (χ4n) is 5.33. The van der Waals surface area contributed by atoms with Crippen molar-refractivity contribution in [3.63, 3.8) is 0 Å². The second-order valence-corrected chi connectivity index (χ2v) is 9.53. The minimum atomic E-state index is -0.381. The maximum absolute atomic E-state index is 13.9. The zero-order valence-corrected chi connectivity index (χ0v) is 20.5. The number of amides is 1. The quantitative estimate of drug-likeness (QED) is 0.380. The molecule has 1 atom stereocenters. The topological polar surface area (TPSA) is 75.7 Å². The number of aromatic nitrogens is 1. The number of pyridine rings is 1. The Morgan fingerprint density at radius 2 is 2.00 bits per heavy atom. The second-order valence-electron chi connectivity index (χ2n) is 9.53. The summed E-state index contributed by atoms with van der Waals surface area (Å²) < 4.78 is 25.4. The Bertz CT molecular complexity index is 1340. The van der Waals surface area contributed by atoms with Gasteiger partial charge >= 0.3 is 0 Å². The molecule has 6 rings (SSSR count). The van der Waals surface area contributed by atoms with E-state index in [0.29, 0.717) is 29.2 Å². The molecule has 190 valence electrons.